The first kappa shape index (κ1) is 22.4. The van der Waals surface area contributed by atoms with Crippen molar-refractivity contribution in [1.82, 2.24) is 14.5 Å². The molecule has 1 atom stereocenters. The van der Waals surface area contributed by atoms with E-state index < -0.39 is 11.5 Å². The number of carbonyl (C=O) groups excluding carboxylic acids is 1. The highest BCUT2D eigenvalue weighted by atomic mass is 19.1. The van der Waals surface area contributed by atoms with E-state index in [1.54, 1.807) is 23.1 Å². The summed E-state index contributed by atoms with van der Waals surface area (Å²) in [6, 6.07) is 7.10. The molecule has 3 aromatic rings. The number of ether oxygens (including phenoxy) is 1. The molecule has 5 rings (SSSR count). The first-order valence-corrected chi connectivity index (χ1v) is 11.1. The first-order valence-electron chi connectivity index (χ1n) is 11.1. The lowest BCUT2D eigenvalue weighted by molar-refractivity contribution is -0.126. The van der Waals surface area contributed by atoms with Gasteiger partial charge in [-0.1, -0.05) is 25.3 Å². The van der Waals surface area contributed by atoms with Crippen LogP contribution < -0.4 is 15.3 Å². The molecule has 1 aromatic heterocycles. The van der Waals surface area contributed by atoms with Crippen molar-refractivity contribution in [2.45, 2.75) is 6.04 Å². The van der Waals surface area contributed by atoms with Crippen molar-refractivity contribution in [2.24, 2.45) is 0 Å². The van der Waals surface area contributed by atoms with Gasteiger partial charge in [0.05, 0.1) is 22.5 Å². The van der Waals surface area contributed by atoms with Crippen molar-refractivity contribution >= 4 is 28.8 Å². The van der Waals surface area contributed by atoms with Gasteiger partial charge in [-0.3, -0.25) is 9.36 Å². The van der Waals surface area contributed by atoms with E-state index in [4.69, 9.17) is 4.74 Å². The van der Waals surface area contributed by atoms with E-state index in [9.17, 15) is 19.1 Å². The number of anilines is 1. The molecular weight excluding hydrogens is 451 g/mol. The monoisotopic (exact) mass is 474 g/mol. The number of phenolic OH excluding ortho intramolecular Hbond substituents is 1. The van der Waals surface area contributed by atoms with Crippen molar-refractivity contribution in [3.05, 3.63) is 78.0 Å². The average molecular weight is 474 g/mol. The van der Waals surface area contributed by atoms with Gasteiger partial charge in [0.15, 0.2) is 0 Å². The number of carbonyl (C=O) groups is 1. The maximum atomic E-state index is 14.8. The predicted molar refractivity (Wildman–Crippen MR) is 132 cm³/mol. The van der Waals surface area contributed by atoms with E-state index in [1.807, 2.05) is 4.90 Å². The first-order chi connectivity index (χ1) is 16.9. The minimum atomic E-state index is -0.606. The van der Waals surface area contributed by atoms with Gasteiger partial charge in [0.2, 0.25) is 5.91 Å². The molecule has 0 aliphatic carbocycles. The number of amides is 1. The van der Waals surface area contributed by atoms with Gasteiger partial charge in [-0.2, -0.15) is 4.98 Å². The lowest BCUT2D eigenvalue weighted by Gasteiger charge is -2.40. The molecule has 2 aromatic carbocycles. The maximum absolute atomic E-state index is 14.8. The van der Waals surface area contributed by atoms with E-state index in [0.29, 0.717) is 47.7 Å². The molecule has 0 radical (unpaired) electrons. The van der Waals surface area contributed by atoms with Gasteiger partial charge in [0.25, 0.3) is 0 Å². The Morgan fingerprint density at radius 2 is 2.09 bits per heavy atom. The van der Waals surface area contributed by atoms with Gasteiger partial charge in [0.1, 0.15) is 29.7 Å². The molecule has 0 spiro atoms. The summed E-state index contributed by atoms with van der Waals surface area (Å²) in [5.74, 6) is -0.163. The number of nitrogens with zero attached hydrogens (tertiary/aromatic N) is 4. The van der Waals surface area contributed by atoms with Crippen LogP contribution in [0.5, 0.6) is 11.5 Å². The fraction of sp³-hybridized carbons (Fsp3) is 0.192. The topological polar surface area (TPSA) is 87.9 Å². The fourth-order valence-electron chi connectivity index (χ4n) is 4.67. The molecule has 1 saturated heterocycles. The van der Waals surface area contributed by atoms with Crippen molar-refractivity contribution in [3.63, 3.8) is 0 Å². The van der Waals surface area contributed by atoms with Crippen LogP contribution in [-0.4, -0.2) is 57.7 Å². The molecule has 9 heteroatoms. The molecular formula is C26H23FN4O4. The van der Waals surface area contributed by atoms with Gasteiger partial charge in [-0.25, -0.2) is 9.18 Å². The Bertz CT molecular complexity index is 1440. The highest BCUT2D eigenvalue weighted by molar-refractivity contribution is 6.00. The molecule has 8 nitrogen and oxygen atoms in total. The summed E-state index contributed by atoms with van der Waals surface area (Å²) in [5.41, 5.74) is 0.267. The molecule has 1 N–H and O–H groups in total. The van der Waals surface area contributed by atoms with Crippen LogP contribution in [0.3, 0.4) is 0 Å². The summed E-state index contributed by atoms with van der Waals surface area (Å²) in [6.07, 6.45) is 5.93. The number of allylic oxidation sites excluding steroid dienone is 2. The van der Waals surface area contributed by atoms with E-state index in [1.165, 1.54) is 41.1 Å². The van der Waals surface area contributed by atoms with E-state index in [2.05, 4.69) is 18.1 Å². The van der Waals surface area contributed by atoms with Crippen LogP contribution in [0.2, 0.25) is 0 Å². The summed E-state index contributed by atoms with van der Waals surface area (Å²) >= 11 is 0. The van der Waals surface area contributed by atoms with Crippen LogP contribution in [0.25, 0.3) is 28.2 Å². The summed E-state index contributed by atoms with van der Waals surface area (Å²) in [4.78, 5) is 33.4. The van der Waals surface area contributed by atoms with Crippen molar-refractivity contribution in [2.75, 3.05) is 31.1 Å². The lowest BCUT2D eigenvalue weighted by atomic mass is 10.0. The number of hydrogen-bond acceptors (Lipinski definition) is 6. The summed E-state index contributed by atoms with van der Waals surface area (Å²) in [7, 11) is 0. The molecule has 0 bridgehead atoms. The van der Waals surface area contributed by atoms with E-state index in [-0.39, 0.29) is 29.9 Å². The predicted octanol–water partition coefficient (Wildman–Crippen LogP) is 3.16. The number of phenols is 1. The third-order valence-electron chi connectivity index (χ3n) is 6.30. The summed E-state index contributed by atoms with van der Waals surface area (Å²) in [6.45, 7) is 8.72. The normalized spacial score (nSPS) is 17.1. The Balaban J connectivity index is 1.76. The molecule has 178 valence electrons. The van der Waals surface area contributed by atoms with Gasteiger partial charge in [-0.05, 0) is 42.0 Å². The van der Waals surface area contributed by atoms with Crippen LogP contribution in [0.15, 0.2) is 66.5 Å². The van der Waals surface area contributed by atoms with Gasteiger partial charge >= 0.3 is 5.69 Å². The molecule has 35 heavy (non-hydrogen) atoms. The van der Waals surface area contributed by atoms with Gasteiger partial charge < -0.3 is 19.6 Å². The molecule has 0 unspecified atom stereocenters. The maximum Gasteiger partial charge on any atom is 0.354 e. The fourth-order valence-corrected chi connectivity index (χ4v) is 4.67. The minimum Gasteiger partial charge on any atom is -0.507 e. The Morgan fingerprint density at radius 3 is 2.83 bits per heavy atom. The van der Waals surface area contributed by atoms with Crippen LogP contribution in [0.1, 0.15) is 0 Å². The quantitative estimate of drug-likeness (QED) is 0.462. The Hall–Kier alpha value is -4.40. The molecule has 1 fully saturated rings. The Labute approximate surface area is 200 Å². The third-order valence-corrected chi connectivity index (χ3v) is 6.30. The number of aromatic hydroxyl groups is 1. The third kappa shape index (κ3) is 3.74. The van der Waals surface area contributed by atoms with Gasteiger partial charge in [0, 0.05) is 25.8 Å². The van der Waals surface area contributed by atoms with Crippen LogP contribution in [0, 0.1) is 5.82 Å². The average Bonchev–Trinajstić information content (AvgIpc) is 3.00. The molecule has 0 saturated carbocycles. The number of benzene rings is 2. The summed E-state index contributed by atoms with van der Waals surface area (Å²) in [5, 5.41) is 11.0. The Kier molecular flexibility index (Phi) is 5.60. The van der Waals surface area contributed by atoms with Crippen molar-refractivity contribution < 1.29 is 19.0 Å². The molecule has 3 heterocycles. The number of halogens is 1. The van der Waals surface area contributed by atoms with Crippen LogP contribution in [0.4, 0.5) is 10.2 Å². The van der Waals surface area contributed by atoms with E-state index in [0.717, 1.165) is 0 Å². The van der Waals surface area contributed by atoms with Gasteiger partial charge in [-0.15, -0.1) is 0 Å². The zero-order valence-corrected chi connectivity index (χ0v) is 18.9. The number of rotatable bonds is 4. The van der Waals surface area contributed by atoms with Crippen molar-refractivity contribution in [1.29, 1.82) is 0 Å². The second-order valence-electron chi connectivity index (χ2n) is 8.31. The number of hydrogen-bond donors (Lipinski definition) is 1. The van der Waals surface area contributed by atoms with E-state index >= 15 is 0 Å². The largest absolute Gasteiger partial charge is 0.507 e. The smallest absolute Gasteiger partial charge is 0.354 e. The van der Waals surface area contributed by atoms with Crippen LogP contribution >= 0.6 is 0 Å². The number of piperazine rings is 1. The SMILES string of the molecule is C=C/C=C/n1c(=O)nc2c3c(cc(-c4c(O)cccc4F)cc31)OC[C@@H]1CN(C(=O)C=C)CCN21. The Morgan fingerprint density at radius 1 is 1.26 bits per heavy atom. The molecule has 2 aliphatic heterocycles. The zero-order chi connectivity index (χ0) is 24.7. The highest BCUT2D eigenvalue weighted by Gasteiger charge is 2.35. The second kappa shape index (κ2) is 8.75. The lowest BCUT2D eigenvalue weighted by Crippen LogP contribution is -2.56. The zero-order valence-electron chi connectivity index (χ0n) is 18.9. The standard InChI is InChI=1S/C26H23FN4O4/c1-3-5-9-31-19-12-16(23-18(27)7-6-8-20(23)32)13-21-24(19)25(28-26(31)34)30-11-10-29(22(33)4-2)14-17(30)15-35-21/h3-9,12-13,17,32H,1-2,10-11,14-15H2/b9-5+/t17-/m0/s1. The van der Waals surface area contributed by atoms with Crippen molar-refractivity contribution in [3.8, 4) is 22.6 Å². The molecule has 2 aliphatic rings. The second-order valence-corrected chi connectivity index (χ2v) is 8.31. The molecule has 1 amide bonds. The number of fused-ring (bicyclic) bond motifs is 2. The van der Waals surface area contributed by atoms with Crippen LogP contribution in [-0.2, 0) is 4.79 Å². The summed E-state index contributed by atoms with van der Waals surface area (Å²) < 4.78 is 22.3. The minimum absolute atomic E-state index is 0.00374. The highest BCUT2D eigenvalue weighted by Crippen LogP contribution is 2.42. The number of aromatic nitrogens is 2.